The van der Waals surface area contributed by atoms with E-state index in [1.165, 1.54) is 12.1 Å². The lowest BCUT2D eigenvalue weighted by atomic mass is 10.2. The molecule has 0 aliphatic heterocycles. The number of nitrogens with zero attached hydrogens (tertiary/aromatic N) is 3. The molecule has 9 nitrogen and oxygen atoms in total. The summed E-state index contributed by atoms with van der Waals surface area (Å²) in [5.74, 6) is 0.639. The van der Waals surface area contributed by atoms with Crippen molar-refractivity contribution in [1.82, 2.24) is 25.2 Å². The molecule has 2 amide bonds. The van der Waals surface area contributed by atoms with Crippen molar-refractivity contribution >= 4 is 16.1 Å². The summed E-state index contributed by atoms with van der Waals surface area (Å²) in [6.45, 7) is 1.97. The average Bonchev–Trinajstić information content (AvgIpc) is 3.11. The van der Waals surface area contributed by atoms with Crippen LogP contribution in [0.3, 0.4) is 0 Å². The number of aromatic nitrogens is 3. The van der Waals surface area contributed by atoms with Gasteiger partial charge in [0.05, 0.1) is 10.5 Å². The van der Waals surface area contributed by atoms with E-state index in [1.807, 2.05) is 11.6 Å². The van der Waals surface area contributed by atoms with Crippen LogP contribution in [-0.4, -0.2) is 36.2 Å². The van der Waals surface area contributed by atoms with E-state index in [2.05, 4.69) is 20.5 Å². The minimum Gasteiger partial charge on any atom is -0.421 e. The monoisotopic (exact) mass is 387 g/mol. The van der Waals surface area contributed by atoms with Gasteiger partial charge in [0.25, 0.3) is 10.0 Å². The van der Waals surface area contributed by atoms with E-state index in [4.69, 9.17) is 4.42 Å². The Morgan fingerprint density at radius 2 is 1.93 bits per heavy atom. The lowest BCUT2D eigenvalue weighted by molar-refractivity contribution is 0.245. The second-order valence-corrected chi connectivity index (χ2v) is 7.35. The molecule has 2 heterocycles. The number of sulfonamides is 1. The number of urea groups is 1. The fourth-order valence-electron chi connectivity index (χ4n) is 2.18. The van der Waals surface area contributed by atoms with Crippen LogP contribution in [-0.2, 0) is 16.4 Å². The Hall–Kier alpha value is -3.27. The zero-order valence-electron chi connectivity index (χ0n) is 14.4. The number of hydrogen-bond acceptors (Lipinski definition) is 7. The normalized spacial score (nSPS) is 11.1. The standard InChI is InChI=1S/C17H17N5O4S/c1-12-4-6-14(7-5-12)27(24,25)22-17(23)19-10-8-15-20-21-16(26-15)13-3-2-9-18-11-13/h2-7,9,11H,8,10H2,1H3,(H2,19,22,23). The molecule has 3 rings (SSSR count). The second-order valence-electron chi connectivity index (χ2n) is 5.67. The lowest BCUT2D eigenvalue weighted by Gasteiger charge is -2.08. The van der Waals surface area contributed by atoms with E-state index < -0.39 is 16.1 Å². The maximum Gasteiger partial charge on any atom is 0.328 e. The van der Waals surface area contributed by atoms with Crippen molar-refractivity contribution < 1.29 is 17.6 Å². The second kappa shape index (κ2) is 7.96. The van der Waals surface area contributed by atoms with Crippen molar-refractivity contribution in [3.63, 3.8) is 0 Å². The summed E-state index contributed by atoms with van der Waals surface area (Å²) in [4.78, 5) is 15.8. The summed E-state index contributed by atoms with van der Waals surface area (Å²) in [6.07, 6.45) is 3.48. The van der Waals surface area contributed by atoms with Crippen molar-refractivity contribution in [2.45, 2.75) is 18.2 Å². The summed E-state index contributed by atoms with van der Waals surface area (Å²) in [5.41, 5.74) is 1.61. The van der Waals surface area contributed by atoms with Gasteiger partial charge < -0.3 is 9.73 Å². The molecule has 0 unspecified atom stereocenters. The molecular weight excluding hydrogens is 370 g/mol. The number of nitrogens with one attached hydrogen (secondary N) is 2. The highest BCUT2D eigenvalue weighted by molar-refractivity contribution is 7.90. The van der Waals surface area contributed by atoms with E-state index in [9.17, 15) is 13.2 Å². The average molecular weight is 387 g/mol. The fraction of sp³-hybridized carbons (Fsp3) is 0.176. The van der Waals surface area contributed by atoms with Crippen LogP contribution in [0, 0.1) is 6.92 Å². The molecule has 10 heteroatoms. The first-order valence-corrected chi connectivity index (χ1v) is 9.52. The number of carbonyl (C=O) groups excluding carboxylic acids is 1. The van der Waals surface area contributed by atoms with E-state index >= 15 is 0 Å². The van der Waals surface area contributed by atoms with E-state index in [-0.39, 0.29) is 17.9 Å². The lowest BCUT2D eigenvalue weighted by Crippen LogP contribution is -2.40. The summed E-state index contributed by atoms with van der Waals surface area (Å²) < 4.78 is 31.7. The topological polar surface area (TPSA) is 127 Å². The van der Waals surface area contributed by atoms with Gasteiger partial charge in [-0.2, -0.15) is 0 Å². The predicted molar refractivity (Wildman–Crippen MR) is 96.1 cm³/mol. The van der Waals surface area contributed by atoms with E-state index in [0.29, 0.717) is 17.3 Å². The molecule has 0 fully saturated rings. The van der Waals surface area contributed by atoms with Gasteiger partial charge in [0.2, 0.25) is 11.8 Å². The molecule has 0 radical (unpaired) electrons. The van der Waals surface area contributed by atoms with Crippen molar-refractivity contribution in [3.05, 3.63) is 60.2 Å². The van der Waals surface area contributed by atoms with Crippen molar-refractivity contribution in [1.29, 1.82) is 0 Å². The molecule has 0 bridgehead atoms. The molecule has 2 aromatic heterocycles. The van der Waals surface area contributed by atoms with Gasteiger partial charge in [-0.15, -0.1) is 10.2 Å². The summed E-state index contributed by atoms with van der Waals surface area (Å²) in [7, 11) is -3.92. The van der Waals surface area contributed by atoms with Crippen LogP contribution >= 0.6 is 0 Å². The van der Waals surface area contributed by atoms with E-state index in [1.54, 1.807) is 36.7 Å². The van der Waals surface area contributed by atoms with Crippen LogP contribution in [0.25, 0.3) is 11.5 Å². The number of benzene rings is 1. The Balaban J connectivity index is 1.51. The third-order valence-electron chi connectivity index (χ3n) is 3.56. The largest absolute Gasteiger partial charge is 0.421 e. The van der Waals surface area contributed by atoms with Crippen LogP contribution in [0.4, 0.5) is 4.79 Å². The number of pyridine rings is 1. The number of aryl methyl sites for hydroxylation is 1. The fourth-order valence-corrected chi connectivity index (χ4v) is 3.11. The zero-order valence-corrected chi connectivity index (χ0v) is 15.2. The van der Waals surface area contributed by atoms with Crippen LogP contribution in [0.2, 0.25) is 0 Å². The molecule has 27 heavy (non-hydrogen) atoms. The Morgan fingerprint density at radius 3 is 2.63 bits per heavy atom. The molecule has 0 saturated heterocycles. The third-order valence-corrected chi connectivity index (χ3v) is 4.90. The van der Waals surface area contributed by atoms with Crippen LogP contribution in [0.5, 0.6) is 0 Å². The van der Waals surface area contributed by atoms with Gasteiger partial charge in [0.15, 0.2) is 0 Å². The Morgan fingerprint density at radius 1 is 1.15 bits per heavy atom. The summed E-state index contributed by atoms with van der Waals surface area (Å²) in [6, 6.07) is 8.88. The van der Waals surface area contributed by atoms with Crippen molar-refractivity contribution in [3.8, 4) is 11.5 Å². The molecule has 1 aromatic carbocycles. The minimum atomic E-state index is -3.92. The van der Waals surface area contributed by atoms with Crippen molar-refractivity contribution in [2.75, 3.05) is 6.54 Å². The predicted octanol–water partition coefficient (Wildman–Crippen LogP) is 1.67. The summed E-state index contributed by atoms with van der Waals surface area (Å²) in [5, 5.41) is 10.2. The first-order chi connectivity index (χ1) is 12.9. The minimum absolute atomic E-state index is 0.0151. The molecule has 140 valence electrons. The molecular formula is C17H17N5O4S. The molecule has 0 atom stereocenters. The Labute approximate surface area is 155 Å². The first kappa shape index (κ1) is 18.5. The first-order valence-electron chi connectivity index (χ1n) is 8.04. The molecule has 2 N–H and O–H groups in total. The van der Waals surface area contributed by atoms with Gasteiger partial charge in [-0.1, -0.05) is 17.7 Å². The van der Waals surface area contributed by atoms with Gasteiger partial charge in [0.1, 0.15) is 0 Å². The number of hydrogen-bond donors (Lipinski definition) is 2. The van der Waals surface area contributed by atoms with Gasteiger partial charge in [-0.05, 0) is 31.2 Å². The van der Waals surface area contributed by atoms with Crippen LogP contribution in [0.1, 0.15) is 11.5 Å². The van der Waals surface area contributed by atoms with E-state index in [0.717, 1.165) is 5.56 Å². The maximum atomic E-state index is 12.1. The van der Waals surface area contributed by atoms with Crippen molar-refractivity contribution in [2.24, 2.45) is 0 Å². The number of carbonyl (C=O) groups is 1. The number of amides is 2. The third kappa shape index (κ3) is 4.88. The highest BCUT2D eigenvalue weighted by Crippen LogP contribution is 2.15. The Bertz CT molecular complexity index is 1020. The Kier molecular flexibility index (Phi) is 5.46. The van der Waals surface area contributed by atoms with Gasteiger partial charge in [-0.25, -0.2) is 17.9 Å². The van der Waals surface area contributed by atoms with Gasteiger partial charge in [0, 0.05) is 25.4 Å². The van der Waals surface area contributed by atoms with Crippen LogP contribution < -0.4 is 10.0 Å². The maximum absolute atomic E-state index is 12.1. The number of rotatable bonds is 6. The highest BCUT2D eigenvalue weighted by atomic mass is 32.2. The SMILES string of the molecule is Cc1ccc(S(=O)(=O)NC(=O)NCCc2nnc(-c3cccnc3)o2)cc1. The quantitative estimate of drug-likeness (QED) is 0.658. The van der Waals surface area contributed by atoms with Gasteiger partial charge in [-0.3, -0.25) is 4.98 Å². The van der Waals surface area contributed by atoms with Crippen LogP contribution in [0.15, 0.2) is 58.1 Å². The molecule has 0 spiro atoms. The zero-order chi connectivity index (χ0) is 19.3. The van der Waals surface area contributed by atoms with Gasteiger partial charge >= 0.3 is 6.03 Å². The highest BCUT2D eigenvalue weighted by Gasteiger charge is 2.17. The molecule has 0 aliphatic rings. The molecule has 3 aromatic rings. The molecule has 0 aliphatic carbocycles. The smallest absolute Gasteiger partial charge is 0.328 e. The summed E-state index contributed by atoms with van der Waals surface area (Å²) >= 11 is 0. The molecule has 0 saturated carbocycles.